The normalized spacial score (nSPS) is 15.2. The molecule has 0 spiro atoms. The lowest BCUT2D eigenvalue weighted by atomic mass is 10.1. The number of rotatable bonds is 5. The average molecular weight is 346 g/mol. The number of aliphatic imine (C=N–C) groups is 1. The van der Waals surface area contributed by atoms with E-state index >= 15 is 0 Å². The fraction of sp³-hybridized carbons (Fsp3) is 0.389. The lowest BCUT2D eigenvalue weighted by molar-refractivity contribution is 0.260. The lowest BCUT2D eigenvalue weighted by Gasteiger charge is -2.27. The molecular formula is C18H23FN4S. The second-order valence-corrected chi connectivity index (χ2v) is 6.87. The standard InChI is InChI=1S/C18H23FN4S/c1-20-18(22-12-14-2-4-16(19)5-3-14)21-8-10-23-9-6-17-15(13-23)7-11-24-17/h2-5,7,11H,6,8-10,12-13H2,1H3,(H2,20,21,22). The Labute approximate surface area is 146 Å². The van der Waals surface area contributed by atoms with Crippen LogP contribution in [0.3, 0.4) is 0 Å². The maximum atomic E-state index is 12.9. The van der Waals surface area contributed by atoms with E-state index in [4.69, 9.17) is 0 Å². The first-order chi connectivity index (χ1) is 11.7. The third kappa shape index (κ3) is 4.55. The zero-order chi connectivity index (χ0) is 16.8. The van der Waals surface area contributed by atoms with Crippen molar-refractivity contribution in [2.45, 2.75) is 19.5 Å². The van der Waals surface area contributed by atoms with Gasteiger partial charge in [0.1, 0.15) is 5.82 Å². The molecule has 2 N–H and O–H groups in total. The van der Waals surface area contributed by atoms with Gasteiger partial charge in [-0.05, 0) is 41.1 Å². The van der Waals surface area contributed by atoms with Crippen LogP contribution in [0, 0.1) is 5.82 Å². The van der Waals surface area contributed by atoms with Crippen LogP contribution >= 0.6 is 11.3 Å². The molecule has 0 saturated carbocycles. The van der Waals surface area contributed by atoms with E-state index in [1.165, 1.54) is 22.6 Å². The van der Waals surface area contributed by atoms with E-state index in [1.807, 2.05) is 11.3 Å². The predicted octanol–water partition coefficient (Wildman–Crippen LogP) is 2.61. The Morgan fingerprint density at radius 2 is 2.08 bits per heavy atom. The zero-order valence-corrected chi connectivity index (χ0v) is 14.7. The van der Waals surface area contributed by atoms with Crippen LogP contribution in [0.2, 0.25) is 0 Å². The van der Waals surface area contributed by atoms with E-state index in [0.29, 0.717) is 6.54 Å². The first-order valence-electron chi connectivity index (χ1n) is 8.21. The number of thiophene rings is 1. The number of hydrogen-bond acceptors (Lipinski definition) is 3. The van der Waals surface area contributed by atoms with Crippen molar-refractivity contribution in [3.05, 3.63) is 57.5 Å². The van der Waals surface area contributed by atoms with Crippen LogP contribution in [0.4, 0.5) is 4.39 Å². The maximum Gasteiger partial charge on any atom is 0.191 e. The van der Waals surface area contributed by atoms with Gasteiger partial charge in [0, 0.05) is 44.6 Å². The van der Waals surface area contributed by atoms with Crippen molar-refractivity contribution in [2.24, 2.45) is 4.99 Å². The van der Waals surface area contributed by atoms with Gasteiger partial charge < -0.3 is 10.6 Å². The van der Waals surface area contributed by atoms with E-state index in [2.05, 4.69) is 32.0 Å². The van der Waals surface area contributed by atoms with E-state index in [1.54, 1.807) is 19.2 Å². The molecule has 0 bridgehead atoms. The summed E-state index contributed by atoms with van der Waals surface area (Å²) in [5.74, 6) is 0.559. The fourth-order valence-corrected chi connectivity index (χ4v) is 3.73. The molecule has 1 aliphatic rings. The minimum Gasteiger partial charge on any atom is -0.355 e. The average Bonchev–Trinajstić information content (AvgIpc) is 3.07. The highest BCUT2D eigenvalue weighted by atomic mass is 32.1. The van der Waals surface area contributed by atoms with Gasteiger partial charge in [0.2, 0.25) is 0 Å². The molecule has 0 aliphatic carbocycles. The number of guanidine groups is 1. The van der Waals surface area contributed by atoms with E-state index in [-0.39, 0.29) is 5.82 Å². The third-order valence-electron chi connectivity index (χ3n) is 4.20. The molecule has 0 unspecified atom stereocenters. The monoisotopic (exact) mass is 346 g/mol. The maximum absolute atomic E-state index is 12.9. The fourth-order valence-electron chi connectivity index (χ4n) is 2.84. The van der Waals surface area contributed by atoms with E-state index in [9.17, 15) is 4.39 Å². The van der Waals surface area contributed by atoms with Crippen LogP contribution in [0.25, 0.3) is 0 Å². The van der Waals surface area contributed by atoms with Gasteiger partial charge in [0.05, 0.1) is 0 Å². The smallest absolute Gasteiger partial charge is 0.191 e. The molecule has 0 saturated heterocycles. The summed E-state index contributed by atoms with van der Waals surface area (Å²) >= 11 is 1.87. The predicted molar refractivity (Wildman–Crippen MR) is 97.9 cm³/mol. The van der Waals surface area contributed by atoms with Gasteiger partial charge in [-0.25, -0.2) is 4.39 Å². The SMILES string of the molecule is CN=C(NCCN1CCc2sccc2C1)NCc1ccc(F)cc1. The molecule has 0 radical (unpaired) electrons. The number of fused-ring (bicyclic) bond motifs is 1. The van der Waals surface area contributed by atoms with Crippen LogP contribution in [0.1, 0.15) is 16.0 Å². The molecule has 128 valence electrons. The number of halogens is 1. The highest BCUT2D eigenvalue weighted by Gasteiger charge is 2.16. The van der Waals surface area contributed by atoms with E-state index in [0.717, 1.165) is 44.1 Å². The number of benzene rings is 1. The van der Waals surface area contributed by atoms with Crippen molar-refractivity contribution in [3.63, 3.8) is 0 Å². The third-order valence-corrected chi connectivity index (χ3v) is 5.23. The minimum absolute atomic E-state index is 0.212. The van der Waals surface area contributed by atoms with Crippen LogP contribution in [-0.4, -0.2) is 37.5 Å². The summed E-state index contributed by atoms with van der Waals surface area (Å²) < 4.78 is 12.9. The topological polar surface area (TPSA) is 39.7 Å². The first-order valence-corrected chi connectivity index (χ1v) is 9.09. The van der Waals surface area contributed by atoms with Crippen molar-refractivity contribution < 1.29 is 4.39 Å². The van der Waals surface area contributed by atoms with Gasteiger partial charge in [0.15, 0.2) is 5.96 Å². The summed E-state index contributed by atoms with van der Waals surface area (Å²) in [6, 6.07) is 8.75. The summed E-state index contributed by atoms with van der Waals surface area (Å²) in [7, 11) is 1.76. The Hall–Kier alpha value is -1.92. The quantitative estimate of drug-likeness (QED) is 0.646. The summed E-state index contributed by atoms with van der Waals surface area (Å²) in [4.78, 5) is 8.24. The number of nitrogens with zero attached hydrogens (tertiary/aromatic N) is 2. The summed E-state index contributed by atoms with van der Waals surface area (Å²) in [6.45, 7) is 4.63. The van der Waals surface area contributed by atoms with Crippen molar-refractivity contribution >= 4 is 17.3 Å². The van der Waals surface area contributed by atoms with Crippen molar-refractivity contribution in [1.82, 2.24) is 15.5 Å². The molecule has 2 heterocycles. The van der Waals surface area contributed by atoms with Gasteiger partial charge in [0.25, 0.3) is 0 Å². The van der Waals surface area contributed by atoms with Crippen LogP contribution < -0.4 is 10.6 Å². The second kappa shape index (κ2) is 8.26. The second-order valence-electron chi connectivity index (χ2n) is 5.87. The van der Waals surface area contributed by atoms with Gasteiger partial charge in [-0.15, -0.1) is 11.3 Å². The zero-order valence-electron chi connectivity index (χ0n) is 13.9. The number of nitrogens with one attached hydrogen (secondary N) is 2. The molecule has 24 heavy (non-hydrogen) atoms. The summed E-state index contributed by atoms with van der Waals surface area (Å²) in [5, 5.41) is 8.78. The molecule has 0 amide bonds. The molecule has 1 aromatic heterocycles. The summed E-state index contributed by atoms with van der Waals surface area (Å²) in [5.41, 5.74) is 2.51. The highest BCUT2D eigenvalue weighted by Crippen LogP contribution is 2.23. The van der Waals surface area contributed by atoms with Gasteiger partial charge in [-0.3, -0.25) is 9.89 Å². The first kappa shape index (κ1) is 16.9. The van der Waals surface area contributed by atoms with Crippen molar-refractivity contribution in [2.75, 3.05) is 26.7 Å². The van der Waals surface area contributed by atoms with E-state index < -0.39 is 0 Å². The number of hydrogen-bond donors (Lipinski definition) is 2. The van der Waals surface area contributed by atoms with Crippen LogP contribution in [0.5, 0.6) is 0 Å². The minimum atomic E-state index is -0.212. The molecule has 1 aliphatic heterocycles. The Kier molecular flexibility index (Phi) is 5.82. The molecular weight excluding hydrogens is 323 g/mol. The molecule has 4 nitrogen and oxygen atoms in total. The van der Waals surface area contributed by atoms with Crippen LogP contribution in [-0.2, 0) is 19.5 Å². The van der Waals surface area contributed by atoms with Gasteiger partial charge in [-0.1, -0.05) is 12.1 Å². The van der Waals surface area contributed by atoms with Crippen molar-refractivity contribution in [1.29, 1.82) is 0 Å². The highest BCUT2D eigenvalue weighted by molar-refractivity contribution is 7.10. The lowest BCUT2D eigenvalue weighted by Crippen LogP contribution is -2.42. The molecule has 2 aromatic rings. The van der Waals surface area contributed by atoms with Gasteiger partial charge >= 0.3 is 0 Å². The van der Waals surface area contributed by atoms with Gasteiger partial charge in [-0.2, -0.15) is 0 Å². The van der Waals surface area contributed by atoms with Crippen molar-refractivity contribution in [3.8, 4) is 0 Å². The Balaban J connectivity index is 1.39. The molecule has 1 aromatic carbocycles. The Morgan fingerprint density at radius 1 is 1.25 bits per heavy atom. The van der Waals surface area contributed by atoms with Crippen LogP contribution in [0.15, 0.2) is 40.7 Å². The summed E-state index contributed by atoms with van der Waals surface area (Å²) in [6.07, 6.45) is 1.16. The Morgan fingerprint density at radius 3 is 2.88 bits per heavy atom. The largest absolute Gasteiger partial charge is 0.355 e. The molecule has 0 fully saturated rings. The molecule has 0 atom stereocenters. The molecule has 6 heteroatoms. The molecule has 3 rings (SSSR count). The Bertz CT molecular complexity index is 681.